The van der Waals surface area contributed by atoms with E-state index in [4.69, 9.17) is 11.6 Å². The Morgan fingerprint density at radius 1 is 1.69 bits per heavy atom. The fourth-order valence-electron chi connectivity index (χ4n) is 1.10. The number of nitrogens with zero attached hydrogens (tertiary/aromatic N) is 2. The van der Waals surface area contributed by atoms with Crippen LogP contribution in [0.5, 0.6) is 0 Å². The molecular formula is C7H5ClFN3O. The van der Waals surface area contributed by atoms with Crippen molar-refractivity contribution in [1.29, 1.82) is 0 Å². The van der Waals surface area contributed by atoms with Gasteiger partial charge in [-0.2, -0.15) is 0 Å². The number of H-pyrrole nitrogens is 1. The molecule has 0 aliphatic carbocycles. The summed E-state index contributed by atoms with van der Waals surface area (Å²) >= 11 is 5.43. The molecule has 0 spiro atoms. The summed E-state index contributed by atoms with van der Waals surface area (Å²) in [5.74, 6) is -0.689. The average molecular weight is 202 g/mol. The molecule has 0 atom stereocenters. The Bertz CT molecular complexity index is 530. The SMILES string of the molecule is Cn1[nH]c2nc(Cl)c(F)cc2c1=O. The van der Waals surface area contributed by atoms with Crippen molar-refractivity contribution in [3.63, 3.8) is 0 Å². The van der Waals surface area contributed by atoms with Crippen molar-refractivity contribution in [3.8, 4) is 0 Å². The third-order valence-electron chi connectivity index (χ3n) is 1.74. The molecule has 0 aromatic carbocycles. The number of rotatable bonds is 0. The highest BCUT2D eigenvalue weighted by Gasteiger charge is 2.09. The number of pyridine rings is 1. The van der Waals surface area contributed by atoms with Gasteiger partial charge in [0.15, 0.2) is 16.6 Å². The van der Waals surface area contributed by atoms with Gasteiger partial charge in [-0.25, -0.2) is 9.37 Å². The smallest absolute Gasteiger partial charge is 0.275 e. The number of nitrogens with one attached hydrogen (secondary N) is 1. The minimum Gasteiger partial charge on any atom is -0.279 e. The van der Waals surface area contributed by atoms with E-state index in [1.165, 1.54) is 11.7 Å². The van der Waals surface area contributed by atoms with Crippen LogP contribution in [-0.4, -0.2) is 14.8 Å². The standard InChI is InChI=1S/C7H5ClFN3O/c1-12-7(13)3-2-4(9)5(8)10-6(3)11-12/h2H,1H3,(H,10,11). The van der Waals surface area contributed by atoms with E-state index in [0.717, 1.165) is 6.07 Å². The lowest BCUT2D eigenvalue weighted by molar-refractivity contribution is 0.624. The van der Waals surface area contributed by atoms with Gasteiger partial charge in [0.2, 0.25) is 0 Å². The second kappa shape index (κ2) is 2.56. The predicted octanol–water partition coefficient (Wildman–Crippen LogP) is 1.05. The Balaban J connectivity index is 2.97. The van der Waals surface area contributed by atoms with Gasteiger partial charge in [-0.1, -0.05) is 11.6 Å². The van der Waals surface area contributed by atoms with Gasteiger partial charge in [0.05, 0.1) is 5.39 Å². The van der Waals surface area contributed by atoms with E-state index in [9.17, 15) is 9.18 Å². The molecule has 4 nitrogen and oxygen atoms in total. The molecule has 0 radical (unpaired) electrons. The highest BCUT2D eigenvalue weighted by atomic mass is 35.5. The summed E-state index contributed by atoms with van der Waals surface area (Å²) < 4.78 is 14.1. The van der Waals surface area contributed by atoms with Gasteiger partial charge in [-0.3, -0.25) is 14.6 Å². The van der Waals surface area contributed by atoms with Gasteiger partial charge in [0.25, 0.3) is 5.56 Å². The van der Waals surface area contributed by atoms with Gasteiger partial charge in [0.1, 0.15) is 0 Å². The van der Waals surface area contributed by atoms with Crippen LogP contribution in [0.3, 0.4) is 0 Å². The van der Waals surface area contributed by atoms with Crippen LogP contribution in [0, 0.1) is 5.82 Å². The Morgan fingerprint density at radius 3 is 3.08 bits per heavy atom. The van der Waals surface area contributed by atoms with Crippen LogP contribution in [0.4, 0.5) is 4.39 Å². The second-order valence-electron chi connectivity index (χ2n) is 2.63. The highest BCUT2D eigenvalue weighted by molar-refractivity contribution is 6.29. The summed E-state index contributed by atoms with van der Waals surface area (Å²) in [5, 5.41) is 2.59. The third-order valence-corrected chi connectivity index (χ3v) is 2.01. The van der Waals surface area contributed by atoms with Crippen molar-refractivity contribution in [2.24, 2.45) is 7.05 Å². The van der Waals surface area contributed by atoms with Crippen molar-refractivity contribution in [1.82, 2.24) is 14.8 Å². The van der Waals surface area contributed by atoms with Crippen LogP contribution >= 0.6 is 11.6 Å². The first kappa shape index (κ1) is 8.25. The zero-order chi connectivity index (χ0) is 9.59. The van der Waals surface area contributed by atoms with Crippen molar-refractivity contribution >= 4 is 22.6 Å². The molecule has 13 heavy (non-hydrogen) atoms. The van der Waals surface area contributed by atoms with Gasteiger partial charge in [-0.05, 0) is 6.07 Å². The maximum absolute atomic E-state index is 12.9. The lowest BCUT2D eigenvalue weighted by Crippen LogP contribution is -2.11. The molecule has 2 aromatic rings. The Labute approximate surface area is 76.9 Å². The van der Waals surface area contributed by atoms with Crippen molar-refractivity contribution in [3.05, 3.63) is 27.4 Å². The van der Waals surface area contributed by atoms with Crippen LogP contribution in [-0.2, 0) is 7.05 Å². The molecule has 0 saturated carbocycles. The van der Waals surface area contributed by atoms with E-state index in [-0.39, 0.29) is 16.1 Å². The Kier molecular flexibility index (Phi) is 1.63. The number of halogens is 2. The lowest BCUT2D eigenvalue weighted by Gasteiger charge is -1.90. The lowest BCUT2D eigenvalue weighted by atomic mass is 10.3. The molecule has 2 rings (SSSR count). The topological polar surface area (TPSA) is 50.7 Å². The fraction of sp³-hybridized carbons (Fsp3) is 0.143. The zero-order valence-corrected chi connectivity index (χ0v) is 7.39. The number of hydrogen-bond acceptors (Lipinski definition) is 2. The number of aromatic amines is 1. The van der Waals surface area contributed by atoms with E-state index in [1.54, 1.807) is 0 Å². The van der Waals surface area contributed by atoms with Gasteiger partial charge in [-0.15, -0.1) is 0 Å². The maximum Gasteiger partial charge on any atom is 0.275 e. The Morgan fingerprint density at radius 2 is 2.38 bits per heavy atom. The molecular weight excluding hydrogens is 197 g/mol. The Hall–Kier alpha value is -1.36. The average Bonchev–Trinajstić information content (AvgIpc) is 2.32. The summed E-state index contributed by atoms with van der Waals surface area (Å²) in [7, 11) is 1.52. The minimum atomic E-state index is -0.689. The molecule has 2 heterocycles. The van der Waals surface area contributed by atoms with Crippen LogP contribution in [0.1, 0.15) is 0 Å². The summed E-state index contributed by atoms with van der Waals surface area (Å²) in [4.78, 5) is 14.9. The molecule has 0 unspecified atom stereocenters. The molecule has 2 aromatic heterocycles. The first-order chi connectivity index (χ1) is 6.09. The van der Waals surface area contributed by atoms with Crippen molar-refractivity contribution in [2.45, 2.75) is 0 Å². The molecule has 0 fully saturated rings. The zero-order valence-electron chi connectivity index (χ0n) is 6.64. The molecule has 0 saturated heterocycles. The minimum absolute atomic E-state index is 0.199. The van der Waals surface area contributed by atoms with E-state index >= 15 is 0 Å². The van der Waals surface area contributed by atoms with Gasteiger partial charge >= 0.3 is 0 Å². The van der Waals surface area contributed by atoms with Crippen molar-refractivity contribution < 1.29 is 4.39 Å². The van der Waals surface area contributed by atoms with E-state index in [1.807, 2.05) is 0 Å². The third kappa shape index (κ3) is 1.12. The molecule has 0 aliphatic rings. The summed E-state index contributed by atoms with van der Waals surface area (Å²) in [6.45, 7) is 0. The summed E-state index contributed by atoms with van der Waals surface area (Å²) in [6, 6.07) is 1.07. The predicted molar refractivity (Wildman–Crippen MR) is 46.3 cm³/mol. The molecule has 0 aliphatic heterocycles. The van der Waals surface area contributed by atoms with Gasteiger partial charge < -0.3 is 0 Å². The second-order valence-corrected chi connectivity index (χ2v) is 2.99. The highest BCUT2D eigenvalue weighted by Crippen LogP contribution is 2.14. The van der Waals surface area contributed by atoms with Gasteiger partial charge in [0, 0.05) is 7.05 Å². The maximum atomic E-state index is 12.9. The van der Waals surface area contributed by atoms with Crippen LogP contribution < -0.4 is 5.56 Å². The number of aromatic nitrogens is 3. The monoisotopic (exact) mass is 201 g/mol. The number of aryl methyl sites for hydroxylation is 1. The largest absolute Gasteiger partial charge is 0.279 e. The van der Waals surface area contributed by atoms with Crippen molar-refractivity contribution in [2.75, 3.05) is 0 Å². The van der Waals surface area contributed by atoms with E-state index in [0.29, 0.717) is 5.65 Å². The molecule has 6 heteroatoms. The van der Waals surface area contributed by atoms with Crippen LogP contribution in [0.15, 0.2) is 10.9 Å². The molecule has 0 bridgehead atoms. The quantitative estimate of drug-likeness (QED) is 0.648. The number of hydrogen-bond donors (Lipinski definition) is 1. The normalized spacial score (nSPS) is 11.0. The summed E-state index contributed by atoms with van der Waals surface area (Å²) in [6.07, 6.45) is 0. The molecule has 1 N–H and O–H groups in total. The van der Waals surface area contributed by atoms with E-state index in [2.05, 4.69) is 10.1 Å². The molecule has 0 amide bonds. The summed E-state index contributed by atoms with van der Waals surface area (Å²) in [5.41, 5.74) is -0.0306. The fourth-order valence-corrected chi connectivity index (χ4v) is 1.24. The van der Waals surface area contributed by atoms with E-state index < -0.39 is 5.82 Å². The first-order valence-corrected chi connectivity index (χ1v) is 3.88. The van der Waals surface area contributed by atoms with Crippen LogP contribution in [0.25, 0.3) is 11.0 Å². The first-order valence-electron chi connectivity index (χ1n) is 3.50. The number of fused-ring (bicyclic) bond motifs is 1. The van der Waals surface area contributed by atoms with Crippen LogP contribution in [0.2, 0.25) is 5.15 Å². The molecule has 68 valence electrons.